The Balaban J connectivity index is 1.51. The average molecular weight is 404 g/mol. The molecule has 1 aromatic carbocycles. The van der Waals surface area contributed by atoms with Gasteiger partial charge >= 0.3 is 0 Å². The van der Waals surface area contributed by atoms with Crippen molar-refractivity contribution in [3.05, 3.63) is 61.7 Å². The second kappa shape index (κ2) is 7.19. The molecule has 0 bridgehead atoms. The van der Waals surface area contributed by atoms with Crippen LogP contribution in [0.3, 0.4) is 0 Å². The van der Waals surface area contributed by atoms with Crippen molar-refractivity contribution in [1.82, 2.24) is 4.98 Å². The van der Waals surface area contributed by atoms with Crippen LogP contribution in [0.2, 0.25) is 5.02 Å². The Morgan fingerprint density at radius 3 is 2.77 bits per heavy atom. The summed E-state index contributed by atoms with van der Waals surface area (Å²) >= 11 is 9.03. The Morgan fingerprint density at radius 1 is 1.12 bits per heavy atom. The van der Waals surface area contributed by atoms with Crippen molar-refractivity contribution < 1.29 is 9.59 Å². The normalized spacial score (nSPS) is 12.7. The first-order valence-electron chi connectivity index (χ1n) is 8.04. The van der Waals surface area contributed by atoms with Crippen LogP contribution in [0.15, 0.2) is 35.7 Å². The molecule has 0 radical (unpaired) electrons. The summed E-state index contributed by atoms with van der Waals surface area (Å²) in [5.41, 5.74) is 1.90. The van der Waals surface area contributed by atoms with Gasteiger partial charge in [-0.2, -0.15) is 0 Å². The zero-order chi connectivity index (χ0) is 18.1. The quantitative estimate of drug-likeness (QED) is 0.654. The molecular weight excluding hydrogens is 390 g/mol. The van der Waals surface area contributed by atoms with Gasteiger partial charge in [0.1, 0.15) is 0 Å². The highest BCUT2D eigenvalue weighted by Gasteiger charge is 2.19. The fraction of sp³-hybridized carbons (Fsp3) is 0.167. The third-order valence-corrected chi connectivity index (χ3v) is 6.31. The van der Waals surface area contributed by atoms with Crippen LogP contribution in [0.4, 0.5) is 10.8 Å². The molecule has 8 heteroatoms. The van der Waals surface area contributed by atoms with Gasteiger partial charge in [-0.05, 0) is 48.9 Å². The molecule has 5 nitrogen and oxygen atoms in total. The van der Waals surface area contributed by atoms with E-state index >= 15 is 0 Å². The molecule has 2 aromatic heterocycles. The number of rotatable bonds is 4. The second-order valence-electron chi connectivity index (χ2n) is 5.82. The van der Waals surface area contributed by atoms with Crippen LogP contribution < -0.4 is 10.6 Å². The van der Waals surface area contributed by atoms with Gasteiger partial charge in [-0.25, -0.2) is 4.98 Å². The van der Waals surface area contributed by atoms with Gasteiger partial charge in [0.2, 0.25) is 0 Å². The van der Waals surface area contributed by atoms with Crippen LogP contribution in [-0.4, -0.2) is 16.8 Å². The van der Waals surface area contributed by atoms with Crippen LogP contribution >= 0.6 is 34.3 Å². The molecule has 1 aliphatic carbocycles. The number of fused-ring (bicyclic) bond motifs is 1. The zero-order valence-corrected chi connectivity index (χ0v) is 15.9. The summed E-state index contributed by atoms with van der Waals surface area (Å²) in [6.07, 6.45) is 3.14. The lowest BCUT2D eigenvalue weighted by molar-refractivity contribution is 0.101. The third kappa shape index (κ3) is 3.51. The van der Waals surface area contributed by atoms with Crippen LogP contribution in [0.1, 0.15) is 37.0 Å². The van der Waals surface area contributed by atoms with E-state index in [2.05, 4.69) is 15.6 Å². The molecule has 0 saturated heterocycles. The molecule has 1 aliphatic rings. The van der Waals surface area contributed by atoms with Crippen molar-refractivity contribution in [3.63, 3.8) is 0 Å². The molecule has 4 rings (SSSR count). The SMILES string of the molecule is O=C(Nc1nc2c(s1)CCC2)c1ccc(Cl)c(NC(=O)c2cccs2)c1. The Morgan fingerprint density at radius 2 is 2.00 bits per heavy atom. The number of thiazole rings is 1. The number of hydrogen-bond acceptors (Lipinski definition) is 5. The standard InChI is InChI=1S/C18H14ClN3O2S2/c19-11-7-6-10(9-13(11)20-17(24)15-5-2-8-25-15)16(23)22-18-21-12-3-1-4-14(12)26-18/h2,5-9H,1,3-4H2,(H,20,24)(H,21,22,23). The number of nitrogens with zero attached hydrogens (tertiary/aromatic N) is 1. The highest BCUT2D eigenvalue weighted by Crippen LogP contribution is 2.31. The van der Waals surface area contributed by atoms with E-state index in [0.717, 1.165) is 25.0 Å². The summed E-state index contributed by atoms with van der Waals surface area (Å²) in [5.74, 6) is -0.531. The number of anilines is 2. The van der Waals surface area contributed by atoms with E-state index in [9.17, 15) is 9.59 Å². The molecule has 0 atom stereocenters. The summed E-state index contributed by atoms with van der Waals surface area (Å²) in [7, 11) is 0. The van der Waals surface area contributed by atoms with Crippen molar-refractivity contribution in [2.75, 3.05) is 10.6 Å². The number of benzene rings is 1. The highest BCUT2D eigenvalue weighted by atomic mass is 35.5. The predicted octanol–water partition coefficient (Wildman–Crippen LogP) is 4.85. The van der Waals surface area contributed by atoms with Crippen molar-refractivity contribution in [2.45, 2.75) is 19.3 Å². The van der Waals surface area contributed by atoms with E-state index in [0.29, 0.717) is 26.3 Å². The van der Waals surface area contributed by atoms with Crippen LogP contribution in [0.25, 0.3) is 0 Å². The Labute approximate surface area is 163 Å². The summed E-state index contributed by atoms with van der Waals surface area (Å²) in [4.78, 5) is 31.0. The molecule has 3 aromatic rings. The molecule has 0 saturated carbocycles. The molecule has 2 heterocycles. The second-order valence-corrected chi connectivity index (χ2v) is 8.26. The van der Waals surface area contributed by atoms with Crippen molar-refractivity contribution in [3.8, 4) is 0 Å². The Kier molecular flexibility index (Phi) is 4.76. The van der Waals surface area contributed by atoms with Crippen molar-refractivity contribution in [2.24, 2.45) is 0 Å². The van der Waals surface area contributed by atoms with Gasteiger partial charge in [-0.15, -0.1) is 22.7 Å². The first-order chi connectivity index (χ1) is 12.6. The number of hydrogen-bond donors (Lipinski definition) is 2. The number of aromatic nitrogens is 1. The number of halogens is 1. The first-order valence-corrected chi connectivity index (χ1v) is 10.1. The largest absolute Gasteiger partial charge is 0.320 e. The number of aryl methyl sites for hydroxylation is 2. The van der Waals surface area contributed by atoms with E-state index < -0.39 is 0 Å². The fourth-order valence-electron chi connectivity index (χ4n) is 2.77. The lowest BCUT2D eigenvalue weighted by Crippen LogP contribution is -2.14. The van der Waals surface area contributed by atoms with Gasteiger partial charge in [-0.1, -0.05) is 17.7 Å². The summed E-state index contributed by atoms with van der Waals surface area (Å²) < 4.78 is 0. The van der Waals surface area contributed by atoms with Crippen molar-refractivity contribution >= 4 is 56.9 Å². The van der Waals surface area contributed by atoms with E-state index in [4.69, 9.17) is 11.6 Å². The molecule has 0 spiro atoms. The highest BCUT2D eigenvalue weighted by molar-refractivity contribution is 7.16. The maximum atomic E-state index is 12.5. The van der Waals surface area contributed by atoms with Gasteiger partial charge in [0.05, 0.1) is 21.3 Å². The molecule has 2 N–H and O–H groups in total. The van der Waals surface area contributed by atoms with Gasteiger partial charge in [-0.3, -0.25) is 14.9 Å². The number of thiophene rings is 1. The van der Waals surface area contributed by atoms with Gasteiger partial charge in [0.15, 0.2) is 5.13 Å². The molecule has 26 heavy (non-hydrogen) atoms. The van der Waals surface area contributed by atoms with Crippen LogP contribution in [-0.2, 0) is 12.8 Å². The fourth-order valence-corrected chi connectivity index (χ4v) is 4.60. The minimum absolute atomic E-state index is 0.254. The number of nitrogens with one attached hydrogen (secondary N) is 2. The van der Waals surface area contributed by atoms with Gasteiger partial charge < -0.3 is 5.32 Å². The maximum absolute atomic E-state index is 12.5. The monoisotopic (exact) mass is 403 g/mol. The van der Waals surface area contributed by atoms with E-state index in [1.54, 1.807) is 30.3 Å². The molecular formula is C18H14ClN3O2S2. The first kappa shape index (κ1) is 17.2. The lowest BCUT2D eigenvalue weighted by Gasteiger charge is -2.09. The molecule has 0 unspecified atom stereocenters. The lowest BCUT2D eigenvalue weighted by atomic mass is 10.2. The van der Waals surface area contributed by atoms with Crippen LogP contribution in [0, 0.1) is 0 Å². The molecule has 132 valence electrons. The third-order valence-electron chi connectivity index (χ3n) is 4.04. The molecule has 2 amide bonds. The number of amides is 2. The van der Waals surface area contributed by atoms with Gasteiger partial charge in [0, 0.05) is 10.4 Å². The molecule has 0 fully saturated rings. The number of carbonyl (C=O) groups is 2. The Bertz CT molecular complexity index is 961. The van der Waals surface area contributed by atoms with E-state index in [-0.39, 0.29) is 11.8 Å². The number of carbonyl (C=O) groups excluding carboxylic acids is 2. The maximum Gasteiger partial charge on any atom is 0.265 e. The minimum atomic E-state index is -0.277. The minimum Gasteiger partial charge on any atom is -0.320 e. The Hall–Kier alpha value is -2.22. The van der Waals surface area contributed by atoms with Crippen LogP contribution in [0.5, 0.6) is 0 Å². The topological polar surface area (TPSA) is 71.1 Å². The van der Waals surface area contributed by atoms with Gasteiger partial charge in [0.25, 0.3) is 11.8 Å². The average Bonchev–Trinajstić information content (AvgIpc) is 3.33. The smallest absolute Gasteiger partial charge is 0.265 e. The zero-order valence-electron chi connectivity index (χ0n) is 13.5. The van der Waals surface area contributed by atoms with E-state index in [1.807, 2.05) is 5.38 Å². The molecule has 0 aliphatic heterocycles. The van der Waals surface area contributed by atoms with Crippen molar-refractivity contribution in [1.29, 1.82) is 0 Å². The summed E-state index contributed by atoms with van der Waals surface area (Å²) in [6, 6.07) is 8.33. The van der Waals surface area contributed by atoms with E-state index in [1.165, 1.54) is 27.6 Å². The summed E-state index contributed by atoms with van der Waals surface area (Å²) in [5, 5.41) is 8.39. The predicted molar refractivity (Wildman–Crippen MR) is 106 cm³/mol. The summed E-state index contributed by atoms with van der Waals surface area (Å²) in [6.45, 7) is 0.